The van der Waals surface area contributed by atoms with Crippen LogP contribution in [0.25, 0.3) is 0 Å². The molecule has 0 saturated carbocycles. The van der Waals surface area contributed by atoms with Crippen LogP contribution in [0.1, 0.15) is 70.0 Å². The fraction of sp³-hybridized carbons (Fsp3) is 0.538. The quantitative estimate of drug-likeness (QED) is 0.372. The predicted molar refractivity (Wildman–Crippen MR) is 124 cm³/mol. The van der Waals surface area contributed by atoms with E-state index in [2.05, 4.69) is 6.92 Å². The summed E-state index contributed by atoms with van der Waals surface area (Å²) < 4.78 is 19.0. The molecule has 0 aliphatic rings. The summed E-state index contributed by atoms with van der Waals surface area (Å²) in [6.07, 6.45) is 4.58. The van der Waals surface area contributed by atoms with Gasteiger partial charge in [-0.3, -0.25) is 9.59 Å². The number of nitrogens with zero attached hydrogens (tertiary/aromatic N) is 2. The first-order chi connectivity index (χ1) is 15.3. The normalized spacial score (nSPS) is 11.1. The van der Waals surface area contributed by atoms with Crippen LogP contribution in [-0.4, -0.2) is 34.7 Å². The maximum absolute atomic E-state index is 13.3. The molecule has 1 aromatic carbocycles. The van der Waals surface area contributed by atoms with E-state index in [1.165, 1.54) is 12.1 Å². The van der Waals surface area contributed by atoms with Crippen molar-refractivity contribution in [3.63, 3.8) is 0 Å². The number of halogens is 1. The molecule has 0 atom stereocenters. The third-order valence-corrected chi connectivity index (χ3v) is 5.29. The van der Waals surface area contributed by atoms with Gasteiger partial charge in [-0.05, 0) is 49.1 Å². The van der Waals surface area contributed by atoms with Crippen LogP contribution in [0.15, 0.2) is 40.8 Å². The van der Waals surface area contributed by atoms with Gasteiger partial charge >= 0.3 is 0 Å². The highest BCUT2D eigenvalue weighted by Crippen LogP contribution is 2.15. The van der Waals surface area contributed by atoms with Crippen LogP contribution >= 0.6 is 0 Å². The molecule has 0 bridgehead atoms. The number of furan rings is 1. The molecule has 6 heteroatoms. The Morgan fingerprint density at radius 2 is 1.66 bits per heavy atom. The maximum Gasteiger partial charge on any atom is 0.242 e. The van der Waals surface area contributed by atoms with E-state index in [4.69, 9.17) is 4.42 Å². The van der Waals surface area contributed by atoms with Crippen LogP contribution in [-0.2, 0) is 22.7 Å². The summed E-state index contributed by atoms with van der Waals surface area (Å²) in [6.45, 7) is 9.28. The first-order valence-corrected chi connectivity index (χ1v) is 11.6. The third-order valence-electron chi connectivity index (χ3n) is 5.29. The minimum atomic E-state index is -0.315. The smallest absolute Gasteiger partial charge is 0.242 e. The van der Waals surface area contributed by atoms with Crippen molar-refractivity contribution in [2.24, 2.45) is 5.92 Å². The van der Waals surface area contributed by atoms with Crippen LogP contribution in [0.3, 0.4) is 0 Å². The van der Waals surface area contributed by atoms with Gasteiger partial charge in [0.1, 0.15) is 17.3 Å². The predicted octanol–water partition coefficient (Wildman–Crippen LogP) is 5.71. The molecule has 176 valence electrons. The first-order valence-electron chi connectivity index (χ1n) is 11.6. The molecule has 1 heterocycles. The average molecular weight is 445 g/mol. The van der Waals surface area contributed by atoms with Gasteiger partial charge in [0.25, 0.3) is 0 Å². The Morgan fingerprint density at radius 1 is 0.938 bits per heavy atom. The Labute approximate surface area is 191 Å². The van der Waals surface area contributed by atoms with E-state index >= 15 is 0 Å². The van der Waals surface area contributed by atoms with Gasteiger partial charge in [0, 0.05) is 19.5 Å². The maximum atomic E-state index is 13.3. The zero-order valence-corrected chi connectivity index (χ0v) is 19.9. The molecular weight excluding hydrogens is 407 g/mol. The molecule has 5 nitrogen and oxygen atoms in total. The first kappa shape index (κ1) is 25.6. The average Bonchev–Trinajstić information content (AvgIpc) is 3.16. The Bertz CT molecular complexity index is 845. The molecule has 0 radical (unpaired) electrons. The molecule has 0 aliphatic carbocycles. The number of benzene rings is 1. The van der Waals surface area contributed by atoms with Crippen LogP contribution in [0.4, 0.5) is 4.39 Å². The SMILES string of the molecule is CCCCCCC(=O)N(CC(=O)N(Cc1ccc(F)cc1)Cc1ccc(C)o1)CC(C)C. The molecule has 32 heavy (non-hydrogen) atoms. The Kier molecular flexibility index (Phi) is 10.4. The summed E-state index contributed by atoms with van der Waals surface area (Å²) >= 11 is 0. The van der Waals surface area contributed by atoms with Crippen LogP contribution in [0, 0.1) is 18.7 Å². The summed E-state index contributed by atoms with van der Waals surface area (Å²) in [7, 11) is 0. The lowest BCUT2D eigenvalue weighted by atomic mass is 10.1. The van der Waals surface area contributed by atoms with Gasteiger partial charge in [-0.25, -0.2) is 4.39 Å². The summed E-state index contributed by atoms with van der Waals surface area (Å²) in [5.74, 6) is 1.28. The topological polar surface area (TPSA) is 53.8 Å². The number of hydrogen-bond acceptors (Lipinski definition) is 3. The number of hydrogen-bond donors (Lipinski definition) is 0. The highest BCUT2D eigenvalue weighted by atomic mass is 19.1. The number of amides is 2. The third kappa shape index (κ3) is 8.85. The number of unbranched alkanes of at least 4 members (excludes halogenated alkanes) is 3. The van der Waals surface area contributed by atoms with Gasteiger partial charge in [-0.1, -0.05) is 52.2 Å². The van der Waals surface area contributed by atoms with E-state index in [9.17, 15) is 14.0 Å². The lowest BCUT2D eigenvalue weighted by molar-refractivity contribution is -0.141. The molecule has 2 amide bonds. The van der Waals surface area contributed by atoms with Gasteiger partial charge in [-0.15, -0.1) is 0 Å². The van der Waals surface area contributed by atoms with Gasteiger partial charge in [-0.2, -0.15) is 0 Å². The van der Waals surface area contributed by atoms with Crippen molar-refractivity contribution < 1.29 is 18.4 Å². The van der Waals surface area contributed by atoms with Gasteiger partial charge in [0.15, 0.2) is 0 Å². The van der Waals surface area contributed by atoms with Crippen molar-refractivity contribution in [1.82, 2.24) is 9.80 Å². The highest BCUT2D eigenvalue weighted by molar-refractivity contribution is 5.84. The second kappa shape index (κ2) is 13.0. The molecule has 0 N–H and O–H groups in total. The molecule has 2 rings (SSSR count). The Balaban J connectivity index is 2.12. The van der Waals surface area contributed by atoms with Gasteiger partial charge in [0.2, 0.25) is 11.8 Å². The number of carbonyl (C=O) groups excluding carboxylic acids is 2. The summed E-state index contributed by atoms with van der Waals surface area (Å²) in [5.41, 5.74) is 0.823. The molecule has 0 saturated heterocycles. The van der Waals surface area contributed by atoms with E-state index in [0.717, 1.165) is 37.0 Å². The van der Waals surface area contributed by atoms with Crippen LogP contribution < -0.4 is 0 Å². The minimum absolute atomic E-state index is 0.0266. The molecule has 0 aliphatic heterocycles. The van der Waals surface area contributed by atoms with Crippen LogP contribution in [0.2, 0.25) is 0 Å². The second-order valence-corrected chi connectivity index (χ2v) is 8.87. The van der Waals surface area contributed by atoms with Crippen molar-refractivity contribution >= 4 is 11.8 Å². The molecule has 0 spiro atoms. The molecule has 2 aromatic rings. The summed E-state index contributed by atoms with van der Waals surface area (Å²) in [6, 6.07) is 9.84. The van der Waals surface area contributed by atoms with Gasteiger partial charge < -0.3 is 14.2 Å². The molecular formula is C26H37FN2O3. The zero-order chi connectivity index (χ0) is 23.5. The van der Waals surface area contributed by atoms with Crippen molar-refractivity contribution in [2.75, 3.05) is 13.1 Å². The van der Waals surface area contributed by atoms with Crippen molar-refractivity contribution in [2.45, 2.75) is 72.9 Å². The number of aryl methyl sites for hydroxylation is 1. The van der Waals surface area contributed by atoms with Crippen LogP contribution in [0.5, 0.6) is 0 Å². The molecule has 1 aromatic heterocycles. The highest BCUT2D eigenvalue weighted by Gasteiger charge is 2.23. The van der Waals surface area contributed by atoms with E-state index < -0.39 is 0 Å². The standard InChI is InChI=1S/C26H37FN2O3/c1-5-6-7-8-9-25(30)28(16-20(2)3)19-26(31)29(18-24-15-10-21(4)32-24)17-22-11-13-23(27)14-12-22/h10-15,20H,5-9,16-19H2,1-4H3. The van der Waals surface area contributed by atoms with Crippen molar-refractivity contribution in [1.29, 1.82) is 0 Å². The van der Waals surface area contributed by atoms with Crippen molar-refractivity contribution in [3.8, 4) is 0 Å². The monoisotopic (exact) mass is 444 g/mol. The fourth-order valence-corrected chi connectivity index (χ4v) is 3.62. The minimum Gasteiger partial charge on any atom is -0.464 e. The zero-order valence-electron chi connectivity index (χ0n) is 19.9. The summed E-state index contributed by atoms with van der Waals surface area (Å²) in [5, 5.41) is 0. The largest absolute Gasteiger partial charge is 0.464 e. The fourth-order valence-electron chi connectivity index (χ4n) is 3.62. The van der Waals surface area contributed by atoms with E-state index in [-0.39, 0.29) is 30.1 Å². The lowest BCUT2D eigenvalue weighted by Gasteiger charge is -2.28. The Morgan fingerprint density at radius 3 is 2.25 bits per heavy atom. The molecule has 0 unspecified atom stereocenters. The number of carbonyl (C=O) groups is 2. The van der Waals surface area contributed by atoms with Gasteiger partial charge in [0.05, 0.1) is 13.1 Å². The number of rotatable bonds is 13. The van der Waals surface area contributed by atoms with E-state index in [1.807, 2.05) is 32.9 Å². The lowest BCUT2D eigenvalue weighted by Crippen LogP contribution is -2.43. The Hall–Kier alpha value is -2.63. The molecule has 0 fully saturated rings. The summed E-state index contributed by atoms with van der Waals surface area (Å²) in [4.78, 5) is 29.5. The van der Waals surface area contributed by atoms with Crippen molar-refractivity contribution in [3.05, 3.63) is 59.3 Å². The van der Waals surface area contributed by atoms with E-state index in [1.54, 1.807) is 21.9 Å². The van der Waals surface area contributed by atoms with E-state index in [0.29, 0.717) is 31.8 Å². The second-order valence-electron chi connectivity index (χ2n) is 8.87.